The predicted octanol–water partition coefficient (Wildman–Crippen LogP) is 3.11. The molecule has 0 aromatic heterocycles. The van der Waals surface area contributed by atoms with Crippen molar-refractivity contribution >= 4 is 39.3 Å². The number of hydrogen-bond acceptors (Lipinski definition) is 3. The Hall–Kier alpha value is -0.870. The Morgan fingerprint density at radius 2 is 2.11 bits per heavy atom. The normalized spacial score (nSPS) is 10.2. The van der Waals surface area contributed by atoms with E-state index >= 15 is 0 Å². The van der Waals surface area contributed by atoms with Crippen LogP contribution in [0.5, 0.6) is 0 Å². The minimum Gasteiger partial charge on any atom is -0.462 e. The van der Waals surface area contributed by atoms with E-state index in [4.69, 9.17) is 16.3 Å². The smallest absolute Gasteiger partial charge is 0.338 e. The Morgan fingerprint density at radius 1 is 1.39 bits per heavy atom. The number of halogens is 2. The second-order valence-corrected chi connectivity index (χ2v) is 4.52. The zero-order valence-electron chi connectivity index (χ0n) is 10.0. The minimum absolute atomic E-state index is 0.00325. The third-order valence-corrected chi connectivity index (χ3v) is 3.26. The lowest BCUT2D eigenvalue weighted by Crippen LogP contribution is -2.09. The first kappa shape index (κ1) is 15.2. The van der Waals surface area contributed by atoms with Crippen LogP contribution in [0.2, 0.25) is 0 Å². The van der Waals surface area contributed by atoms with Crippen LogP contribution in [0.15, 0.2) is 18.2 Å². The zero-order valence-corrected chi connectivity index (χ0v) is 12.4. The van der Waals surface area contributed by atoms with Gasteiger partial charge >= 0.3 is 5.97 Å². The molecule has 0 saturated carbocycles. The molecule has 1 aromatic carbocycles. The third-order valence-electron chi connectivity index (χ3n) is 2.36. The van der Waals surface area contributed by atoms with Gasteiger partial charge in [0.2, 0.25) is 0 Å². The molecule has 0 fully saturated rings. The maximum atomic E-state index is 11.7. The highest BCUT2D eigenvalue weighted by molar-refractivity contribution is 9.08. The van der Waals surface area contributed by atoms with E-state index in [2.05, 4.69) is 15.9 Å². The van der Waals surface area contributed by atoms with Gasteiger partial charge in [0.15, 0.2) is 5.78 Å². The van der Waals surface area contributed by atoms with Crippen LogP contribution < -0.4 is 0 Å². The number of ketones is 1. The van der Waals surface area contributed by atoms with Gasteiger partial charge in [-0.15, -0.1) is 11.6 Å². The van der Waals surface area contributed by atoms with E-state index in [1.807, 2.05) is 6.07 Å². The second kappa shape index (κ2) is 7.54. The summed E-state index contributed by atoms with van der Waals surface area (Å²) in [6.45, 7) is 2.10. The van der Waals surface area contributed by atoms with Crippen LogP contribution in [0.4, 0.5) is 0 Å². The number of Topliss-reactive ketones (excluding diaryl/α,β-unsaturated/α-hetero) is 1. The molecule has 0 radical (unpaired) electrons. The fourth-order valence-corrected chi connectivity index (χ4v) is 2.11. The first-order valence-electron chi connectivity index (χ1n) is 5.54. The number of alkyl halides is 2. The SMILES string of the molecule is CCOC(=O)c1ccc(CC(=O)CCl)cc1CBr. The molecule has 0 atom stereocenters. The standard InChI is InChI=1S/C13H14BrClO3/c1-2-18-13(17)12-4-3-9(5-10(12)7-14)6-11(16)8-15/h3-5H,2,6-8H2,1H3. The Kier molecular flexibility index (Phi) is 6.36. The lowest BCUT2D eigenvalue weighted by atomic mass is 10.0. The second-order valence-electron chi connectivity index (χ2n) is 3.69. The molecule has 0 spiro atoms. The Bertz CT molecular complexity index is 446. The molecule has 0 unspecified atom stereocenters. The van der Waals surface area contributed by atoms with Crippen molar-refractivity contribution < 1.29 is 14.3 Å². The van der Waals surface area contributed by atoms with E-state index < -0.39 is 0 Å². The van der Waals surface area contributed by atoms with Gasteiger partial charge in [-0.3, -0.25) is 4.79 Å². The zero-order chi connectivity index (χ0) is 13.5. The number of carbonyl (C=O) groups is 2. The molecule has 0 bridgehead atoms. The van der Waals surface area contributed by atoms with Gasteiger partial charge < -0.3 is 4.74 Å². The van der Waals surface area contributed by atoms with Crippen LogP contribution in [0.3, 0.4) is 0 Å². The molecule has 1 rings (SSSR count). The number of carbonyl (C=O) groups excluding carboxylic acids is 2. The van der Waals surface area contributed by atoms with E-state index in [1.165, 1.54) is 0 Å². The summed E-state index contributed by atoms with van der Waals surface area (Å²) >= 11 is 8.79. The summed E-state index contributed by atoms with van der Waals surface area (Å²) in [6, 6.07) is 5.26. The summed E-state index contributed by atoms with van der Waals surface area (Å²) in [6.07, 6.45) is 0.284. The largest absolute Gasteiger partial charge is 0.462 e. The molecule has 0 aliphatic carbocycles. The topological polar surface area (TPSA) is 43.4 Å². The van der Waals surface area contributed by atoms with Crippen LogP contribution >= 0.6 is 27.5 Å². The predicted molar refractivity (Wildman–Crippen MR) is 74.5 cm³/mol. The van der Waals surface area contributed by atoms with Crippen LogP contribution in [0.1, 0.15) is 28.4 Å². The molecule has 5 heteroatoms. The molecule has 0 N–H and O–H groups in total. The summed E-state index contributed by atoms with van der Waals surface area (Å²) in [5.74, 6) is -0.383. The average molecular weight is 334 g/mol. The molecule has 0 amide bonds. The van der Waals surface area contributed by atoms with Crippen molar-refractivity contribution in [3.8, 4) is 0 Å². The maximum absolute atomic E-state index is 11.7. The van der Waals surface area contributed by atoms with Crippen molar-refractivity contribution in [2.45, 2.75) is 18.7 Å². The number of hydrogen-bond donors (Lipinski definition) is 0. The summed E-state index contributed by atoms with van der Waals surface area (Å²) in [4.78, 5) is 22.9. The van der Waals surface area contributed by atoms with E-state index in [9.17, 15) is 9.59 Å². The van der Waals surface area contributed by atoms with E-state index in [-0.39, 0.29) is 24.1 Å². The number of esters is 1. The summed E-state index contributed by atoms with van der Waals surface area (Å²) in [5.41, 5.74) is 2.19. The van der Waals surface area contributed by atoms with Crippen molar-refractivity contribution in [1.29, 1.82) is 0 Å². The van der Waals surface area contributed by atoms with Crippen LogP contribution in [-0.4, -0.2) is 24.2 Å². The molecule has 3 nitrogen and oxygen atoms in total. The van der Waals surface area contributed by atoms with Crippen molar-refractivity contribution in [1.82, 2.24) is 0 Å². The van der Waals surface area contributed by atoms with Crippen LogP contribution in [0.25, 0.3) is 0 Å². The molecule has 1 aromatic rings. The number of benzene rings is 1. The first-order valence-corrected chi connectivity index (χ1v) is 7.20. The lowest BCUT2D eigenvalue weighted by molar-refractivity contribution is -0.116. The van der Waals surface area contributed by atoms with Crippen molar-refractivity contribution in [3.63, 3.8) is 0 Å². The summed E-state index contributed by atoms with van der Waals surface area (Å²) in [7, 11) is 0. The van der Waals surface area contributed by atoms with Crippen molar-refractivity contribution in [2.24, 2.45) is 0 Å². The quantitative estimate of drug-likeness (QED) is 0.593. The van der Waals surface area contributed by atoms with Gasteiger partial charge in [-0.1, -0.05) is 28.1 Å². The fraction of sp³-hybridized carbons (Fsp3) is 0.385. The molecular formula is C13H14BrClO3. The molecule has 0 aliphatic rings. The van der Waals surface area contributed by atoms with Gasteiger partial charge in [-0.05, 0) is 24.1 Å². The molecule has 0 heterocycles. The minimum atomic E-state index is -0.345. The fourth-order valence-electron chi connectivity index (χ4n) is 1.55. The highest BCUT2D eigenvalue weighted by Crippen LogP contribution is 2.17. The maximum Gasteiger partial charge on any atom is 0.338 e. The van der Waals surface area contributed by atoms with Crippen molar-refractivity contribution in [3.05, 3.63) is 34.9 Å². The van der Waals surface area contributed by atoms with E-state index in [0.717, 1.165) is 11.1 Å². The summed E-state index contributed by atoms with van der Waals surface area (Å²) in [5, 5.41) is 0.532. The molecule has 0 saturated heterocycles. The van der Waals surface area contributed by atoms with Gasteiger partial charge in [0, 0.05) is 11.8 Å². The van der Waals surface area contributed by atoms with Gasteiger partial charge in [0.25, 0.3) is 0 Å². The molecular weight excluding hydrogens is 319 g/mol. The van der Waals surface area contributed by atoms with E-state index in [1.54, 1.807) is 19.1 Å². The number of ether oxygens (including phenoxy) is 1. The van der Waals surface area contributed by atoms with Crippen LogP contribution in [0, 0.1) is 0 Å². The monoisotopic (exact) mass is 332 g/mol. The number of rotatable bonds is 6. The molecule has 18 heavy (non-hydrogen) atoms. The molecule has 98 valence electrons. The lowest BCUT2D eigenvalue weighted by Gasteiger charge is -2.08. The van der Waals surface area contributed by atoms with Gasteiger partial charge in [-0.2, -0.15) is 0 Å². The highest BCUT2D eigenvalue weighted by atomic mass is 79.9. The highest BCUT2D eigenvalue weighted by Gasteiger charge is 2.13. The third kappa shape index (κ3) is 4.10. The average Bonchev–Trinajstić information content (AvgIpc) is 2.38. The Morgan fingerprint density at radius 3 is 2.67 bits per heavy atom. The first-order chi connectivity index (χ1) is 8.62. The Labute approximate surface area is 120 Å². The molecule has 0 aliphatic heterocycles. The Balaban J connectivity index is 2.96. The van der Waals surface area contributed by atoms with Gasteiger partial charge in [-0.25, -0.2) is 4.79 Å². The van der Waals surface area contributed by atoms with E-state index in [0.29, 0.717) is 17.5 Å². The van der Waals surface area contributed by atoms with Gasteiger partial charge in [0.05, 0.1) is 18.1 Å². The van der Waals surface area contributed by atoms with Crippen molar-refractivity contribution in [2.75, 3.05) is 12.5 Å². The van der Waals surface area contributed by atoms with Crippen LogP contribution in [-0.2, 0) is 21.3 Å². The summed E-state index contributed by atoms with van der Waals surface area (Å²) < 4.78 is 4.96. The van der Waals surface area contributed by atoms with Gasteiger partial charge in [0.1, 0.15) is 0 Å².